The normalized spacial score (nSPS) is 11.6. The molecule has 0 aliphatic heterocycles. The molecule has 2 aromatic heterocycles. The highest BCUT2D eigenvalue weighted by Gasteiger charge is 2.23. The molecule has 0 fully saturated rings. The molecule has 1 unspecified atom stereocenters. The fraction of sp³-hybridized carbons (Fsp3) is 0.286. The Hall–Kier alpha value is -3.83. The predicted molar refractivity (Wildman–Crippen MR) is 153 cm³/mol. The maximum absolute atomic E-state index is 12.9. The highest BCUT2D eigenvalue weighted by Crippen LogP contribution is 2.36. The van der Waals surface area contributed by atoms with Crippen molar-refractivity contribution in [1.82, 2.24) is 14.8 Å². The summed E-state index contributed by atoms with van der Waals surface area (Å²) in [5.74, 6) is 1.41. The van der Waals surface area contributed by atoms with Gasteiger partial charge in [0.1, 0.15) is 22.1 Å². The molecular weight excluding hydrogens is 536 g/mol. The lowest BCUT2D eigenvalue weighted by Gasteiger charge is -2.15. The Labute approximate surface area is 235 Å². The summed E-state index contributed by atoms with van der Waals surface area (Å²) in [6, 6.07) is 15.2. The van der Waals surface area contributed by atoms with E-state index in [4.69, 9.17) is 14.2 Å². The Kier molecular flexibility index (Phi) is 9.26. The summed E-state index contributed by atoms with van der Waals surface area (Å²) in [6.45, 7) is 6.50. The number of rotatable bonds is 11. The second kappa shape index (κ2) is 12.8. The van der Waals surface area contributed by atoms with Crippen LogP contribution in [0, 0.1) is 6.92 Å². The van der Waals surface area contributed by atoms with Crippen molar-refractivity contribution in [3.05, 3.63) is 70.9 Å². The molecule has 0 saturated heterocycles. The Morgan fingerprint density at radius 1 is 1.05 bits per heavy atom. The topological polar surface area (TPSA) is 105 Å². The van der Waals surface area contributed by atoms with E-state index >= 15 is 0 Å². The van der Waals surface area contributed by atoms with E-state index in [-0.39, 0.29) is 17.8 Å². The van der Waals surface area contributed by atoms with Gasteiger partial charge < -0.3 is 24.1 Å². The Morgan fingerprint density at radius 3 is 2.38 bits per heavy atom. The van der Waals surface area contributed by atoms with E-state index in [2.05, 4.69) is 15.5 Å². The molecule has 4 rings (SSSR count). The van der Waals surface area contributed by atoms with Gasteiger partial charge in [0.05, 0.1) is 20.0 Å². The number of carbonyl (C=O) groups excluding carboxylic acids is 2. The molecule has 4 aromatic rings. The summed E-state index contributed by atoms with van der Waals surface area (Å²) in [5.41, 5.74) is 3.05. The zero-order valence-corrected chi connectivity index (χ0v) is 24.0. The number of benzene rings is 2. The highest BCUT2D eigenvalue weighted by atomic mass is 32.2. The zero-order valence-electron chi connectivity index (χ0n) is 22.4. The van der Waals surface area contributed by atoms with Crippen LogP contribution in [0.2, 0.25) is 0 Å². The maximum atomic E-state index is 12.9. The molecule has 0 aliphatic rings. The molecule has 2 heterocycles. The molecule has 0 bridgehead atoms. The van der Waals surface area contributed by atoms with Crippen molar-refractivity contribution in [3.63, 3.8) is 0 Å². The number of esters is 1. The second-order valence-corrected chi connectivity index (χ2v) is 10.4. The van der Waals surface area contributed by atoms with Crippen molar-refractivity contribution in [2.75, 3.05) is 25.3 Å². The largest absolute Gasteiger partial charge is 0.497 e. The maximum Gasteiger partial charge on any atom is 0.341 e. The van der Waals surface area contributed by atoms with Crippen molar-refractivity contribution in [2.24, 2.45) is 0 Å². The summed E-state index contributed by atoms with van der Waals surface area (Å²) in [5, 5.41) is 14.4. The Bertz CT molecular complexity index is 1430. The number of amides is 1. The van der Waals surface area contributed by atoms with Crippen LogP contribution in [0.15, 0.2) is 59.1 Å². The fourth-order valence-corrected chi connectivity index (χ4v) is 5.69. The highest BCUT2D eigenvalue weighted by molar-refractivity contribution is 7.99. The van der Waals surface area contributed by atoms with Crippen LogP contribution in [-0.2, 0) is 16.1 Å². The van der Waals surface area contributed by atoms with Crippen LogP contribution in [0.4, 0.5) is 5.00 Å². The molecule has 0 spiro atoms. The summed E-state index contributed by atoms with van der Waals surface area (Å²) in [6.07, 6.45) is -0.358. The van der Waals surface area contributed by atoms with Crippen LogP contribution in [0.5, 0.6) is 11.5 Å². The van der Waals surface area contributed by atoms with Crippen molar-refractivity contribution in [3.8, 4) is 22.6 Å². The number of thioether (sulfide) groups is 1. The number of nitrogens with one attached hydrogen (secondary N) is 1. The first-order valence-electron chi connectivity index (χ1n) is 12.3. The minimum atomic E-state index is -0.504. The van der Waals surface area contributed by atoms with Crippen molar-refractivity contribution < 1.29 is 23.8 Å². The number of methoxy groups -OCH3 is 2. The number of aryl methyl sites for hydroxylation is 1. The Balaban J connectivity index is 1.44. The first-order chi connectivity index (χ1) is 18.8. The van der Waals surface area contributed by atoms with Crippen molar-refractivity contribution in [1.29, 1.82) is 0 Å². The van der Waals surface area contributed by atoms with Crippen LogP contribution < -0.4 is 14.8 Å². The van der Waals surface area contributed by atoms with Gasteiger partial charge in [-0.1, -0.05) is 41.6 Å². The van der Waals surface area contributed by atoms with Gasteiger partial charge in [0, 0.05) is 17.5 Å². The average Bonchev–Trinajstić information content (AvgIpc) is 3.56. The molecule has 39 heavy (non-hydrogen) atoms. The fourth-order valence-electron chi connectivity index (χ4n) is 3.91. The lowest BCUT2D eigenvalue weighted by molar-refractivity contribution is -0.113. The molecular formula is C28H30N4O5S2. The summed E-state index contributed by atoms with van der Waals surface area (Å²) < 4.78 is 18.2. The number of hydrogen-bond acceptors (Lipinski definition) is 9. The van der Waals surface area contributed by atoms with Crippen LogP contribution in [0.25, 0.3) is 11.1 Å². The van der Waals surface area contributed by atoms with Gasteiger partial charge in [-0.15, -0.1) is 21.5 Å². The van der Waals surface area contributed by atoms with E-state index < -0.39 is 5.97 Å². The molecule has 1 N–H and O–H groups in total. The summed E-state index contributed by atoms with van der Waals surface area (Å²) in [4.78, 5) is 25.5. The van der Waals surface area contributed by atoms with Gasteiger partial charge in [0.15, 0.2) is 17.1 Å². The third-order valence-corrected chi connectivity index (χ3v) is 7.79. The molecule has 9 nitrogen and oxygen atoms in total. The molecule has 0 saturated carbocycles. The van der Waals surface area contributed by atoms with Gasteiger partial charge >= 0.3 is 5.97 Å². The molecule has 0 radical (unpaired) electrons. The molecule has 11 heteroatoms. The molecule has 1 amide bonds. The number of anilines is 1. The lowest BCUT2D eigenvalue weighted by Crippen LogP contribution is -2.17. The van der Waals surface area contributed by atoms with E-state index in [0.717, 1.165) is 22.4 Å². The van der Waals surface area contributed by atoms with Gasteiger partial charge in [0.2, 0.25) is 5.91 Å². The number of nitrogens with zero attached hydrogens (tertiary/aromatic N) is 3. The Morgan fingerprint density at radius 2 is 1.74 bits per heavy atom. The number of aromatic nitrogens is 3. The smallest absolute Gasteiger partial charge is 0.341 e. The van der Waals surface area contributed by atoms with Crippen LogP contribution in [-0.4, -0.2) is 46.6 Å². The predicted octanol–water partition coefficient (Wildman–Crippen LogP) is 6.00. The van der Waals surface area contributed by atoms with E-state index in [1.807, 2.05) is 79.2 Å². The standard InChI is InChI=1S/C28H30N4O5S2/c1-6-32-25(18(3)37-21-13-11-20(35-4)12-14-21)30-31-28(32)39-16-23(33)29-26-24(27(34)36-5)22(15-38-26)19-9-7-17(2)8-10-19/h7-15,18H,6,16H2,1-5H3,(H,29,33). The van der Waals surface area contributed by atoms with E-state index in [1.165, 1.54) is 30.2 Å². The lowest BCUT2D eigenvalue weighted by atomic mass is 10.0. The third kappa shape index (κ3) is 6.61. The molecule has 0 aliphatic carbocycles. The summed E-state index contributed by atoms with van der Waals surface area (Å²) in [7, 11) is 2.94. The average molecular weight is 567 g/mol. The summed E-state index contributed by atoms with van der Waals surface area (Å²) >= 11 is 2.56. The third-order valence-electron chi connectivity index (χ3n) is 5.93. The van der Waals surface area contributed by atoms with Gasteiger partial charge in [-0.05, 0) is 50.6 Å². The van der Waals surface area contributed by atoms with Gasteiger partial charge in [0.25, 0.3) is 0 Å². The van der Waals surface area contributed by atoms with Crippen molar-refractivity contribution >= 4 is 40.0 Å². The van der Waals surface area contributed by atoms with Gasteiger partial charge in [-0.2, -0.15) is 0 Å². The SMILES string of the molecule is CCn1c(SCC(=O)Nc2scc(-c3ccc(C)cc3)c2C(=O)OC)nnc1C(C)Oc1ccc(OC)cc1. The van der Waals surface area contributed by atoms with Crippen LogP contribution >= 0.6 is 23.1 Å². The van der Waals surface area contributed by atoms with Crippen LogP contribution in [0.3, 0.4) is 0 Å². The zero-order chi connectivity index (χ0) is 27.9. The van der Waals surface area contributed by atoms with E-state index in [9.17, 15) is 9.59 Å². The van der Waals surface area contributed by atoms with Crippen LogP contribution in [0.1, 0.15) is 41.7 Å². The number of hydrogen-bond donors (Lipinski definition) is 1. The molecule has 2 aromatic carbocycles. The van der Waals surface area contributed by atoms with E-state index in [0.29, 0.717) is 33.8 Å². The number of carbonyl (C=O) groups is 2. The van der Waals surface area contributed by atoms with Gasteiger partial charge in [-0.3, -0.25) is 4.79 Å². The van der Waals surface area contributed by atoms with Gasteiger partial charge in [-0.25, -0.2) is 4.79 Å². The minimum absolute atomic E-state index is 0.0875. The monoisotopic (exact) mass is 566 g/mol. The first kappa shape index (κ1) is 28.2. The van der Waals surface area contributed by atoms with E-state index in [1.54, 1.807) is 7.11 Å². The molecule has 204 valence electrons. The quantitative estimate of drug-likeness (QED) is 0.174. The number of ether oxygens (including phenoxy) is 3. The second-order valence-electron chi connectivity index (χ2n) is 8.57. The van der Waals surface area contributed by atoms with Crippen molar-refractivity contribution in [2.45, 2.75) is 38.6 Å². The number of thiophene rings is 1. The first-order valence-corrected chi connectivity index (χ1v) is 14.1. The minimum Gasteiger partial charge on any atom is -0.497 e. The molecule has 1 atom stereocenters.